The Morgan fingerprint density at radius 1 is 1.27 bits per heavy atom. The van der Waals surface area contributed by atoms with E-state index in [1.54, 1.807) is 17.8 Å². The topological polar surface area (TPSA) is 68.2 Å². The molecule has 0 radical (unpaired) electrons. The molecular formula is C20H24F2N4O3S. The first kappa shape index (κ1) is 21.1. The van der Waals surface area contributed by atoms with E-state index in [9.17, 15) is 0 Å². The predicted octanol–water partition coefficient (Wildman–Crippen LogP) is 1.45. The van der Waals surface area contributed by atoms with Crippen molar-refractivity contribution in [2.75, 3.05) is 51.7 Å². The molecule has 1 fully saturated rings. The van der Waals surface area contributed by atoms with E-state index in [0.29, 0.717) is 37.5 Å². The molecule has 1 saturated heterocycles. The van der Waals surface area contributed by atoms with Gasteiger partial charge in [-0.3, -0.25) is 0 Å². The summed E-state index contributed by atoms with van der Waals surface area (Å²) in [5.41, 5.74) is -0.204. The lowest BCUT2D eigenvalue weighted by molar-refractivity contribution is 0.0927. The van der Waals surface area contributed by atoms with Crippen LogP contribution in [-0.2, 0) is 14.2 Å². The third kappa shape index (κ3) is 3.79. The second-order valence-electron chi connectivity index (χ2n) is 6.99. The van der Waals surface area contributed by atoms with Gasteiger partial charge >= 0.3 is 0 Å². The first-order valence-corrected chi connectivity index (χ1v) is 10.9. The van der Waals surface area contributed by atoms with Gasteiger partial charge in [0.25, 0.3) is 0 Å². The first-order valence-electron chi connectivity index (χ1n) is 9.63. The normalized spacial score (nSPS) is 24.1. The van der Waals surface area contributed by atoms with Crippen LogP contribution in [0.5, 0.6) is 0 Å². The number of ether oxygens (including phenoxy) is 3. The summed E-state index contributed by atoms with van der Waals surface area (Å²) in [5.74, 6) is -0.820. The second-order valence-corrected chi connectivity index (χ2v) is 7.91. The highest BCUT2D eigenvalue weighted by Gasteiger charge is 2.33. The molecule has 10 heteroatoms. The van der Waals surface area contributed by atoms with Crippen LogP contribution in [-0.4, -0.2) is 63.4 Å². The van der Waals surface area contributed by atoms with Crippen LogP contribution in [0, 0.1) is 0 Å². The quantitative estimate of drug-likeness (QED) is 0.747. The Balaban J connectivity index is 1.93. The molecule has 0 amide bonds. The maximum absolute atomic E-state index is 15.2. The Morgan fingerprint density at radius 2 is 2.03 bits per heavy atom. The predicted molar refractivity (Wildman–Crippen MR) is 112 cm³/mol. The van der Waals surface area contributed by atoms with Gasteiger partial charge in [-0.15, -0.1) is 11.8 Å². The van der Waals surface area contributed by atoms with Crippen molar-refractivity contribution >= 4 is 29.4 Å². The summed E-state index contributed by atoms with van der Waals surface area (Å²) in [5, 5.41) is 4.61. The fourth-order valence-corrected chi connectivity index (χ4v) is 4.11. The van der Waals surface area contributed by atoms with Crippen LogP contribution in [0.2, 0.25) is 0 Å². The number of allylic oxidation sites excluding steroid dienone is 2. The van der Waals surface area contributed by atoms with Gasteiger partial charge in [-0.2, -0.15) is 0 Å². The SMILES string of the molecule is COC1=C(F)C(c2cc3c(c(N4CCOCC4)n2)=NC(SC)NC=3)=C(F)C(OC)C1. The van der Waals surface area contributed by atoms with E-state index >= 15 is 8.78 Å². The molecule has 1 aromatic rings. The van der Waals surface area contributed by atoms with Crippen LogP contribution >= 0.6 is 11.8 Å². The number of fused-ring (bicyclic) bond motifs is 1. The molecule has 1 aliphatic carbocycles. The number of rotatable bonds is 5. The summed E-state index contributed by atoms with van der Waals surface area (Å²) >= 11 is 1.55. The minimum Gasteiger partial charge on any atom is -0.498 e. The third-order valence-corrected chi connectivity index (χ3v) is 6.00. The number of halogens is 2. The zero-order chi connectivity index (χ0) is 21.3. The number of thioether (sulfide) groups is 1. The van der Waals surface area contributed by atoms with Gasteiger partial charge in [0.1, 0.15) is 23.0 Å². The molecule has 0 bridgehead atoms. The molecule has 2 atom stereocenters. The average molecular weight is 439 g/mol. The van der Waals surface area contributed by atoms with E-state index in [0.717, 1.165) is 5.22 Å². The van der Waals surface area contributed by atoms with Crippen LogP contribution < -0.4 is 20.8 Å². The van der Waals surface area contributed by atoms with Crippen molar-refractivity contribution in [3.63, 3.8) is 0 Å². The Bertz CT molecular complexity index is 1010. The van der Waals surface area contributed by atoms with Gasteiger partial charge in [-0.1, -0.05) is 0 Å². The minimum atomic E-state index is -0.924. The molecule has 30 heavy (non-hydrogen) atoms. The van der Waals surface area contributed by atoms with E-state index in [1.807, 2.05) is 17.4 Å². The molecule has 7 nitrogen and oxygen atoms in total. The maximum atomic E-state index is 15.2. The number of hydrogen-bond acceptors (Lipinski definition) is 8. The third-order valence-electron chi connectivity index (χ3n) is 5.31. The highest BCUT2D eigenvalue weighted by atomic mass is 32.2. The lowest BCUT2D eigenvalue weighted by Crippen LogP contribution is -2.46. The monoisotopic (exact) mass is 438 g/mol. The number of pyridine rings is 1. The summed E-state index contributed by atoms with van der Waals surface area (Å²) < 4.78 is 46.2. The number of nitrogens with zero attached hydrogens (tertiary/aromatic N) is 3. The Labute approximate surface area is 177 Å². The van der Waals surface area contributed by atoms with Crippen LogP contribution in [0.15, 0.2) is 28.5 Å². The van der Waals surface area contributed by atoms with Crippen molar-refractivity contribution < 1.29 is 23.0 Å². The lowest BCUT2D eigenvalue weighted by atomic mass is 9.97. The Kier molecular flexibility index (Phi) is 6.26. The summed E-state index contributed by atoms with van der Waals surface area (Å²) in [6.07, 6.45) is 2.84. The Morgan fingerprint density at radius 3 is 2.70 bits per heavy atom. The molecule has 0 saturated carbocycles. The second kappa shape index (κ2) is 8.91. The van der Waals surface area contributed by atoms with E-state index in [-0.39, 0.29) is 28.9 Å². The van der Waals surface area contributed by atoms with Crippen molar-refractivity contribution in [3.8, 4) is 0 Å². The molecule has 162 valence electrons. The van der Waals surface area contributed by atoms with Gasteiger partial charge in [0.15, 0.2) is 17.1 Å². The van der Waals surface area contributed by atoms with E-state index in [4.69, 9.17) is 19.2 Å². The Hall–Kier alpha value is -2.17. The van der Waals surface area contributed by atoms with Crippen molar-refractivity contribution in [3.05, 3.63) is 39.7 Å². The van der Waals surface area contributed by atoms with Crippen molar-refractivity contribution in [2.45, 2.75) is 18.0 Å². The first-order chi connectivity index (χ1) is 14.6. The highest BCUT2D eigenvalue weighted by molar-refractivity contribution is 7.99. The zero-order valence-corrected chi connectivity index (χ0v) is 17.9. The molecule has 1 N–H and O–H groups in total. The number of hydrogen-bond donors (Lipinski definition) is 1. The van der Waals surface area contributed by atoms with Gasteiger partial charge in [0.2, 0.25) is 0 Å². The van der Waals surface area contributed by atoms with Crippen molar-refractivity contribution in [1.29, 1.82) is 0 Å². The fraction of sp³-hybridized carbons (Fsp3) is 0.500. The van der Waals surface area contributed by atoms with Crippen LogP contribution in [0.4, 0.5) is 14.6 Å². The minimum absolute atomic E-state index is 0.00611. The van der Waals surface area contributed by atoms with E-state index in [1.165, 1.54) is 14.2 Å². The van der Waals surface area contributed by atoms with Gasteiger partial charge in [-0.05, 0) is 12.3 Å². The zero-order valence-electron chi connectivity index (χ0n) is 17.1. The number of nitrogens with one attached hydrogen (secondary N) is 1. The van der Waals surface area contributed by atoms with E-state index < -0.39 is 17.8 Å². The number of anilines is 1. The molecule has 0 spiro atoms. The molecule has 0 aromatic carbocycles. The summed E-state index contributed by atoms with van der Waals surface area (Å²) in [7, 11) is 2.75. The van der Waals surface area contributed by atoms with Gasteiger partial charge < -0.3 is 24.4 Å². The van der Waals surface area contributed by atoms with Crippen molar-refractivity contribution in [1.82, 2.24) is 10.3 Å². The van der Waals surface area contributed by atoms with Gasteiger partial charge in [0, 0.05) is 38.0 Å². The summed E-state index contributed by atoms with van der Waals surface area (Å²) in [6.45, 7) is 2.36. The smallest absolute Gasteiger partial charge is 0.172 e. The van der Waals surface area contributed by atoms with Crippen LogP contribution in [0.3, 0.4) is 0 Å². The van der Waals surface area contributed by atoms with E-state index in [2.05, 4.69) is 10.3 Å². The molecule has 4 rings (SSSR count). The lowest BCUT2D eigenvalue weighted by Gasteiger charge is -2.29. The molecule has 2 aliphatic heterocycles. The van der Waals surface area contributed by atoms with Crippen LogP contribution in [0.25, 0.3) is 11.8 Å². The maximum Gasteiger partial charge on any atom is 0.172 e. The number of methoxy groups -OCH3 is 2. The molecule has 1 aromatic heterocycles. The highest BCUT2D eigenvalue weighted by Crippen LogP contribution is 2.39. The van der Waals surface area contributed by atoms with Gasteiger partial charge in [0.05, 0.1) is 31.6 Å². The number of aromatic nitrogens is 1. The average Bonchev–Trinajstić information content (AvgIpc) is 2.79. The van der Waals surface area contributed by atoms with Crippen LogP contribution in [0.1, 0.15) is 12.1 Å². The standard InChI is InChI=1S/C20H24F2N4O3S/c1-27-13-9-14(28-2)17(22)15(16(13)21)12-8-11-10-23-20(30-3)25-18(11)19(24-12)26-4-6-29-7-5-26/h8,10,13,20,23H,4-7,9H2,1-3H3. The summed E-state index contributed by atoms with van der Waals surface area (Å²) in [6, 6.07) is 1.64. The van der Waals surface area contributed by atoms with Gasteiger partial charge in [-0.25, -0.2) is 18.8 Å². The molecule has 3 aliphatic rings. The fourth-order valence-electron chi connectivity index (χ4n) is 3.69. The van der Waals surface area contributed by atoms with Crippen molar-refractivity contribution in [2.24, 2.45) is 4.99 Å². The summed E-state index contributed by atoms with van der Waals surface area (Å²) in [4.78, 5) is 11.5. The molecule has 2 unspecified atom stereocenters. The molecule has 3 heterocycles. The number of morpholine rings is 1. The largest absolute Gasteiger partial charge is 0.498 e. The molecular weight excluding hydrogens is 414 g/mol.